The standard InChI is InChI=1S/C17H12ClFN2O3/c18-11-8-13-10(7-12(11)19)15(16(23)21(13)17(20)24)14(22)6-9-4-2-1-3-5-9/h1-5,7-8,15H,6H2,(H2,20,24). The maximum Gasteiger partial charge on any atom is 0.326 e. The van der Waals surface area contributed by atoms with Gasteiger partial charge in [0.05, 0.1) is 10.7 Å². The number of hydrogen-bond donors (Lipinski definition) is 1. The molecule has 1 aliphatic heterocycles. The highest BCUT2D eigenvalue weighted by Gasteiger charge is 2.44. The Kier molecular flexibility index (Phi) is 4.07. The van der Waals surface area contributed by atoms with Gasteiger partial charge in [-0.2, -0.15) is 0 Å². The van der Waals surface area contributed by atoms with Crippen LogP contribution in [0.5, 0.6) is 0 Å². The van der Waals surface area contributed by atoms with Crippen LogP contribution in [0.4, 0.5) is 14.9 Å². The van der Waals surface area contributed by atoms with E-state index in [0.29, 0.717) is 10.5 Å². The molecule has 0 bridgehead atoms. The van der Waals surface area contributed by atoms with Gasteiger partial charge in [0.2, 0.25) is 5.91 Å². The Balaban J connectivity index is 2.03. The van der Waals surface area contributed by atoms with Crippen LogP contribution in [0, 0.1) is 5.82 Å². The summed E-state index contributed by atoms with van der Waals surface area (Å²) in [5.74, 6) is -3.29. The molecule has 3 amide bonds. The average Bonchev–Trinajstić information content (AvgIpc) is 2.80. The van der Waals surface area contributed by atoms with Crippen molar-refractivity contribution in [1.82, 2.24) is 0 Å². The molecule has 2 aromatic rings. The summed E-state index contributed by atoms with van der Waals surface area (Å²) in [6, 6.07) is 9.91. The van der Waals surface area contributed by atoms with E-state index in [-0.39, 0.29) is 22.7 Å². The molecule has 0 saturated carbocycles. The second-order valence-corrected chi connectivity index (χ2v) is 5.81. The summed E-state index contributed by atoms with van der Waals surface area (Å²) >= 11 is 5.72. The molecule has 0 aromatic heterocycles. The normalized spacial score (nSPS) is 16.2. The molecule has 1 atom stereocenters. The highest BCUT2D eigenvalue weighted by Crippen LogP contribution is 2.40. The number of imide groups is 1. The van der Waals surface area contributed by atoms with Gasteiger partial charge in [0.25, 0.3) is 0 Å². The number of Topliss-reactive ketones (excluding diaryl/α,β-unsaturated/α-hetero) is 1. The van der Waals surface area contributed by atoms with E-state index in [4.69, 9.17) is 17.3 Å². The number of carbonyl (C=O) groups excluding carboxylic acids is 3. The van der Waals surface area contributed by atoms with E-state index in [9.17, 15) is 18.8 Å². The van der Waals surface area contributed by atoms with Crippen molar-refractivity contribution >= 4 is 35.0 Å². The lowest BCUT2D eigenvalue weighted by Crippen LogP contribution is -2.40. The zero-order valence-corrected chi connectivity index (χ0v) is 13.1. The summed E-state index contributed by atoms with van der Waals surface area (Å²) < 4.78 is 13.8. The van der Waals surface area contributed by atoms with Crippen molar-refractivity contribution < 1.29 is 18.8 Å². The highest BCUT2D eigenvalue weighted by atomic mass is 35.5. The van der Waals surface area contributed by atoms with Crippen molar-refractivity contribution in [2.45, 2.75) is 12.3 Å². The van der Waals surface area contributed by atoms with Crippen molar-refractivity contribution in [2.24, 2.45) is 5.73 Å². The number of benzene rings is 2. The van der Waals surface area contributed by atoms with E-state index >= 15 is 0 Å². The number of ketones is 1. The molecule has 122 valence electrons. The Morgan fingerprint density at radius 1 is 1.21 bits per heavy atom. The molecule has 2 N–H and O–H groups in total. The number of halogens is 2. The van der Waals surface area contributed by atoms with Crippen LogP contribution in [-0.2, 0) is 16.0 Å². The molecule has 5 nitrogen and oxygen atoms in total. The van der Waals surface area contributed by atoms with Crippen LogP contribution in [0.3, 0.4) is 0 Å². The van der Waals surface area contributed by atoms with E-state index in [1.165, 1.54) is 0 Å². The smallest absolute Gasteiger partial charge is 0.326 e. The van der Waals surface area contributed by atoms with Crippen LogP contribution >= 0.6 is 11.6 Å². The molecule has 0 radical (unpaired) electrons. The van der Waals surface area contributed by atoms with E-state index in [0.717, 1.165) is 12.1 Å². The molecule has 3 rings (SSSR count). The maximum absolute atomic E-state index is 13.8. The molecule has 1 aliphatic rings. The lowest BCUT2D eigenvalue weighted by Gasteiger charge is -2.12. The number of nitrogens with two attached hydrogens (primary N) is 1. The van der Waals surface area contributed by atoms with Gasteiger partial charge in [-0.1, -0.05) is 41.9 Å². The minimum atomic E-state index is -1.28. The molecule has 1 unspecified atom stereocenters. The zero-order valence-electron chi connectivity index (χ0n) is 12.3. The molecular formula is C17H12ClFN2O3. The molecule has 2 aromatic carbocycles. The average molecular weight is 347 g/mol. The van der Waals surface area contributed by atoms with Crippen LogP contribution < -0.4 is 10.6 Å². The molecule has 0 aliphatic carbocycles. The first-order chi connectivity index (χ1) is 11.4. The minimum Gasteiger partial charge on any atom is -0.351 e. The molecule has 24 heavy (non-hydrogen) atoms. The topological polar surface area (TPSA) is 80.5 Å². The van der Waals surface area contributed by atoms with E-state index in [2.05, 4.69) is 0 Å². The maximum atomic E-state index is 13.8. The lowest BCUT2D eigenvalue weighted by atomic mass is 9.92. The SMILES string of the molecule is NC(=O)N1C(=O)C(C(=O)Cc2ccccc2)c2cc(F)c(Cl)cc21. The molecular weight excluding hydrogens is 335 g/mol. The van der Waals surface area contributed by atoms with Gasteiger partial charge in [-0.25, -0.2) is 14.1 Å². The fourth-order valence-electron chi connectivity index (χ4n) is 2.80. The van der Waals surface area contributed by atoms with Gasteiger partial charge in [0.1, 0.15) is 11.7 Å². The first-order valence-corrected chi connectivity index (χ1v) is 7.47. The highest BCUT2D eigenvalue weighted by molar-refractivity contribution is 6.32. The number of fused-ring (bicyclic) bond motifs is 1. The largest absolute Gasteiger partial charge is 0.351 e. The number of nitrogens with zero attached hydrogens (tertiary/aromatic N) is 1. The second kappa shape index (κ2) is 6.05. The van der Waals surface area contributed by atoms with Crippen LogP contribution in [0.2, 0.25) is 5.02 Å². The number of anilines is 1. The van der Waals surface area contributed by atoms with Gasteiger partial charge in [-0.3, -0.25) is 9.59 Å². The Hall–Kier alpha value is -2.73. The first-order valence-electron chi connectivity index (χ1n) is 7.09. The van der Waals surface area contributed by atoms with Crippen molar-refractivity contribution in [2.75, 3.05) is 4.90 Å². The molecule has 0 fully saturated rings. The molecule has 1 heterocycles. The fraction of sp³-hybridized carbons (Fsp3) is 0.118. The van der Waals surface area contributed by atoms with E-state index in [1.54, 1.807) is 30.3 Å². The summed E-state index contributed by atoms with van der Waals surface area (Å²) in [6.45, 7) is 0. The fourth-order valence-corrected chi connectivity index (χ4v) is 2.95. The van der Waals surface area contributed by atoms with Gasteiger partial charge >= 0.3 is 6.03 Å². The second-order valence-electron chi connectivity index (χ2n) is 5.40. The Morgan fingerprint density at radius 3 is 2.50 bits per heavy atom. The summed E-state index contributed by atoms with van der Waals surface area (Å²) in [6.07, 6.45) is -0.0203. The quantitative estimate of drug-likeness (QED) is 0.868. The van der Waals surface area contributed by atoms with Crippen molar-refractivity contribution in [1.29, 1.82) is 0 Å². The van der Waals surface area contributed by atoms with E-state index in [1.807, 2.05) is 0 Å². The third kappa shape index (κ3) is 2.65. The number of carbonyl (C=O) groups is 3. The van der Waals surface area contributed by atoms with Crippen LogP contribution in [0.25, 0.3) is 0 Å². The van der Waals surface area contributed by atoms with Gasteiger partial charge in [-0.05, 0) is 23.3 Å². The van der Waals surface area contributed by atoms with Gasteiger partial charge < -0.3 is 5.73 Å². The number of urea groups is 1. The van der Waals surface area contributed by atoms with Crippen LogP contribution in [0.1, 0.15) is 17.0 Å². The Bertz CT molecular complexity index is 854. The van der Waals surface area contributed by atoms with Gasteiger partial charge in [0, 0.05) is 6.42 Å². The Morgan fingerprint density at radius 2 is 1.88 bits per heavy atom. The summed E-state index contributed by atoms with van der Waals surface area (Å²) in [5.41, 5.74) is 6.08. The summed E-state index contributed by atoms with van der Waals surface area (Å²) in [7, 11) is 0. The molecule has 7 heteroatoms. The predicted octanol–water partition coefficient (Wildman–Crippen LogP) is 2.80. The van der Waals surface area contributed by atoms with Gasteiger partial charge in [0.15, 0.2) is 5.78 Å². The first kappa shape index (κ1) is 16.1. The van der Waals surface area contributed by atoms with Crippen LogP contribution in [-0.4, -0.2) is 17.7 Å². The number of rotatable bonds is 3. The monoisotopic (exact) mass is 346 g/mol. The predicted molar refractivity (Wildman–Crippen MR) is 86.4 cm³/mol. The molecule has 0 saturated heterocycles. The van der Waals surface area contributed by atoms with Crippen LogP contribution in [0.15, 0.2) is 42.5 Å². The van der Waals surface area contributed by atoms with E-state index < -0.39 is 29.5 Å². The number of primary amides is 1. The minimum absolute atomic E-state index is 0.0203. The zero-order chi connectivity index (χ0) is 17.4. The summed E-state index contributed by atoms with van der Waals surface area (Å²) in [5, 5.41) is -0.260. The number of hydrogen-bond acceptors (Lipinski definition) is 3. The number of amides is 3. The third-order valence-electron chi connectivity index (χ3n) is 3.85. The Labute approximate surface area is 141 Å². The van der Waals surface area contributed by atoms with Crippen molar-refractivity contribution in [3.05, 3.63) is 64.4 Å². The van der Waals surface area contributed by atoms with Crippen molar-refractivity contribution in [3.63, 3.8) is 0 Å². The molecule has 0 spiro atoms. The summed E-state index contributed by atoms with van der Waals surface area (Å²) in [4.78, 5) is 37.3. The van der Waals surface area contributed by atoms with Crippen molar-refractivity contribution in [3.8, 4) is 0 Å². The van der Waals surface area contributed by atoms with Gasteiger partial charge in [-0.15, -0.1) is 0 Å². The lowest BCUT2D eigenvalue weighted by molar-refractivity contribution is -0.127. The third-order valence-corrected chi connectivity index (χ3v) is 4.14.